The quantitative estimate of drug-likeness (QED) is 0.914. The third kappa shape index (κ3) is 2.94. The maximum absolute atomic E-state index is 3.67. The van der Waals surface area contributed by atoms with Crippen LogP contribution in [0.3, 0.4) is 0 Å². The molecule has 2 unspecified atom stereocenters. The van der Waals surface area contributed by atoms with Crippen molar-refractivity contribution in [2.45, 2.75) is 64.1 Å². The summed E-state index contributed by atoms with van der Waals surface area (Å²) in [6, 6.07) is 6.00. The van der Waals surface area contributed by atoms with Crippen LogP contribution in [0.5, 0.6) is 0 Å². The van der Waals surface area contributed by atoms with Gasteiger partial charge in [-0.3, -0.25) is 4.90 Å². The summed E-state index contributed by atoms with van der Waals surface area (Å²) in [6.07, 6.45) is 8.12. The van der Waals surface area contributed by atoms with Crippen LogP contribution in [0.4, 0.5) is 0 Å². The van der Waals surface area contributed by atoms with Gasteiger partial charge in [0.25, 0.3) is 0 Å². The second kappa shape index (κ2) is 6.31. The van der Waals surface area contributed by atoms with Gasteiger partial charge in [-0.2, -0.15) is 0 Å². The summed E-state index contributed by atoms with van der Waals surface area (Å²) in [7, 11) is 2.25. The molecule has 0 spiro atoms. The fourth-order valence-corrected chi connectivity index (χ4v) is 3.78. The molecule has 1 aromatic rings. The molecular formula is C17H29N3. The Morgan fingerprint density at radius 3 is 2.75 bits per heavy atom. The van der Waals surface area contributed by atoms with Crippen molar-refractivity contribution < 1.29 is 0 Å². The molecule has 2 saturated heterocycles. The minimum atomic E-state index is 0.571. The lowest BCUT2D eigenvalue weighted by molar-refractivity contribution is 0.149. The van der Waals surface area contributed by atoms with Crippen LogP contribution in [-0.4, -0.2) is 28.6 Å². The van der Waals surface area contributed by atoms with Crippen molar-refractivity contribution in [2.24, 2.45) is 7.05 Å². The van der Waals surface area contributed by atoms with Gasteiger partial charge in [-0.15, -0.1) is 0 Å². The Kier molecular flexibility index (Phi) is 4.47. The van der Waals surface area contributed by atoms with Crippen molar-refractivity contribution in [1.29, 1.82) is 0 Å². The van der Waals surface area contributed by atoms with Gasteiger partial charge in [-0.05, 0) is 57.8 Å². The van der Waals surface area contributed by atoms with E-state index in [2.05, 4.69) is 40.9 Å². The fraction of sp³-hybridized carbons (Fsp3) is 0.765. The van der Waals surface area contributed by atoms with E-state index < -0.39 is 0 Å². The molecule has 0 amide bonds. The van der Waals surface area contributed by atoms with E-state index in [1.54, 1.807) is 0 Å². The topological polar surface area (TPSA) is 20.2 Å². The maximum atomic E-state index is 3.67. The van der Waals surface area contributed by atoms with Crippen LogP contribution in [0, 0.1) is 0 Å². The Morgan fingerprint density at radius 1 is 1.15 bits per heavy atom. The molecule has 0 aromatic carbocycles. The van der Waals surface area contributed by atoms with Crippen LogP contribution in [0.1, 0.15) is 62.9 Å². The molecule has 112 valence electrons. The number of rotatable bonds is 3. The molecule has 1 N–H and O–H groups in total. The van der Waals surface area contributed by atoms with E-state index in [4.69, 9.17) is 0 Å². The van der Waals surface area contributed by atoms with E-state index in [1.807, 2.05) is 0 Å². The third-order valence-corrected chi connectivity index (χ3v) is 5.24. The predicted molar refractivity (Wildman–Crippen MR) is 83.7 cm³/mol. The number of likely N-dealkylation sites (tertiary alicyclic amines) is 1. The summed E-state index contributed by atoms with van der Waals surface area (Å²) >= 11 is 0. The van der Waals surface area contributed by atoms with Crippen molar-refractivity contribution in [2.75, 3.05) is 13.1 Å². The van der Waals surface area contributed by atoms with Gasteiger partial charge in [-0.1, -0.05) is 12.8 Å². The van der Waals surface area contributed by atoms with Crippen LogP contribution < -0.4 is 5.32 Å². The smallest absolute Gasteiger partial charge is 0.0474 e. The van der Waals surface area contributed by atoms with Crippen LogP contribution in [-0.2, 0) is 13.6 Å². The van der Waals surface area contributed by atoms with Gasteiger partial charge in [0.2, 0.25) is 0 Å². The van der Waals surface area contributed by atoms with Gasteiger partial charge < -0.3 is 9.88 Å². The molecule has 2 fully saturated rings. The first-order valence-corrected chi connectivity index (χ1v) is 8.37. The van der Waals surface area contributed by atoms with Crippen molar-refractivity contribution in [1.82, 2.24) is 14.8 Å². The van der Waals surface area contributed by atoms with E-state index in [1.165, 1.54) is 63.0 Å². The Balaban J connectivity index is 1.69. The average molecular weight is 275 g/mol. The highest BCUT2D eigenvalue weighted by Gasteiger charge is 2.22. The first kappa shape index (κ1) is 14.2. The maximum Gasteiger partial charge on any atom is 0.0474 e. The van der Waals surface area contributed by atoms with Crippen LogP contribution in [0.25, 0.3) is 0 Å². The molecule has 3 nitrogen and oxygen atoms in total. The lowest BCUT2D eigenvalue weighted by Crippen LogP contribution is -2.37. The molecule has 1 aromatic heterocycles. The van der Waals surface area contributed by atoms with Gasteiger partial charge in [0.1, 0.15) is 0 Å². The van der Waals surface area contributed by atoms with Gasteiger partial charge in [0.15, 0.2) is 0 Å². The van der Waals surface area contributed by atoms with Crippen LogP contribution in [0.15, 0.2) is 12.1 Å². The van der Waals surface area contributed by atoms with E-state index >= 15 is 0 Å². The minimum absolute atomic E-state index is 0.571. The molecule has 20 heavy (non-hydrogen) atoms. The number of aromatic nitrogens is 1. The van der Waals surface area contributed by atoms with Gasteiger partial charge >= 0.3 is 0 Å². The minimum Gasteiger partial charge on any atom is -0.349 e. The van der Waals surface area contributed by atoms with Crippen molar-refractivity contribution in [3.8, 4) is 0 Å². The Hall–Kier alpha value is -0.800. The summed E-state index contributed by atoms with van der Waals surface area (Å²) in [5, 5.41) is 3.67. The molecule has 3 heterocycles. The SMILES string of the molecule is CC1CCCCN1Cc1ccc(C2CCCCN2)n1C. The van der Waals surface area contributed by atoms with E-state index in [-0.39, 0.29) is 0 Å². The van der Waals surface area contributed by atoms with E-state index in [0.717, 1.165) is 12.6 Å². The summed E-state index contributed by atoms with van der Waals surface area (Å²) in [6.45, 7) is 5.94. The summed E-state index contributed by atoms with van der Waals surface area (Å²) in [5.74, 6) is 0. The number of nitrogens with one attached hydrogen (secondary N) is 1. The lowest BCUT2D eigenvalue weighted by atomic mass is 10.0. The van der Waals surface area contributed by atoms with Gasteiger partial charge in [-0.25, -0.2) is 0 Å². The average Bonchev–Trinajstić information content (AvgIpc) is 2.84. The summed E-state index contributed by atoms with van der Waals surface area (Å²) in [4.78, 5) is 2.65. The highest BCUT2D eigenvalue weighted by atomic mass is 15.2. The number of nitrogens with zero attached hydrogens (tertiary/aromatic N) is 2. The highest BCUT2D eigenvalue weighted by Crippen LogP contribution is 2.26. The molecular weight excluding hydrogens is 246 g/mol. The summed E-state index contributed by atoms with van der Waals surface area (Å²) in [5.41, 5.74) is 2.95. The Morgan fingerprint density at radius 2 is 2.00 bits per heavy atom. The molecule has 2 aliphatic heterocycles. The normalized spacial score (nSPS) is 28.7. The first-order chi connectivity index (χ1) is 9.75. The monoisotopic (exact) mass is 275 g/mol. The molecule has 3 rings (SSSR count). The second-order valence-corrected chi connectivity index (χ2v) is 6.63. The molecule has 0 radical (unpaired) electrons. The molecule has 0 aliphatic carbocycles. The molecule has 2 atom stereocenters. The largest absolute Gasteiger partial charge is 0.349 e. The van der Waals surface area contributed by atoms with E-state index in [9.17, 15) is 0 Å². The molecule has 3 heteroatoms. The molecule has 2 aliphatic rings. The number of hydrogen-bond acceptors (Lipinski definition) is 2. The molecule has 0 saturated carbocycles. The zero-order valence-electron chi connectivity index (χ0n) is 13.1. The zero-order valence-corrected chi connectivity index (χ0v) is 13.1. The first-order valence-electron chi connectivity index (χ1n) is 8.37. The van der Waals surface area contributed by atoms with Crippen molar-refractivity contribution in [3.05, 3.63) is 23.5 Å². The van der Waals surface area contributed by atoms with E-state index in [0.29, 0.717) is 6.04 Å². The Bertz CT molecular complexity index is 431. The second-order valence-electron chi connectivity index (χ2n) is 6.63. The highest BCUT2D eigenvalue weighted by molar-refractivity contribution is 5.19. The molecule has 0 bridgehead atoms. The van der Waals surface area contributed by atoms with Crippen LogP contribution >= 0.6 is 0 Å². The fourth-order valence-electron chi connectivity index (χ4n) is 3.78. The standard InChI is InChI=1S/C17H29N3/c1-14-7-4-6-12-20(14)13-15-9-10-17(19(15)2)16-8-3-5-11-18-16/h9-10,14,16,18H,3-8,11-13H2,1-2H3. The summed E-state index contributed by atoms with van der Waals surface area (Å²) < 4.78 is 2.43. The third-order valence-electron chi connectivity index (χ3n) is 5.24. The van der Waals surface area contributed by atoms with Crippen molar-refractivity contribution in [3.63, 3.8) is 0 Å². The van der Waals surface area contributed by atoms with Gasteiger partial charge in [0.05, 0.1) is 0 Å². The van der Waals surface area contributed by atoms with Crippen molar-refractivity contribution >= 4 is 0 Å². The Labute approximate surface area is 123 Å². The number of piperidine rings is 2. The van der Waals surface area contributed by atoms with Gasteiger partial charge in [0, 0.05) is 37.1 Å². The zero-order chi connectivity index (χ0) is 13.9. The number of hydrogen-bond donors (Lipinski definition) is 1. The predicted octanol–water partition coefficient (Wildman–Crippen LogP) is 3.21. The lowest BCUT2D eigenvalue weighted by Gasteiger charge is -2.33. The van der Waals surface area contributed by atoms with Crippen LogP contribution in [0.2, 0.25) is 0 Å².